The summed E-state index contributed by atoms with van der Waals surface area (Å²) in [5, 5.41) is 9.03. The van der Waals surface area contributed by atoms with Crippen molar-refractivity contribution in [1.29, 1.82) is 0 Å². The van der Waals surface area contributed by atoms with Gasteiger partial charge in [0, 0.05) is 32.1 Å². The van der Waals surface area contributed by atoms with E-state index in [1.54, 1.807) is 0 Å². The van der Waals surface area contributed by atoms with E-state index in [9.17, 15) is 22.0 Å². The summed E-state index contributed by atoms with van der Waals surface area (Å²) < 4.78 is 54.5. The van der Waals surface area contributed by atoms with Gasteiger partial charge < -0.3 is 16.0 Å². The molecule has 0 aromatic heterocycles. The minimum atomic E-state index is -3.63. The van der Waals surface area contributed by atoms with Gasteiger partial charge >= 0.3 is 0 Å². The number of nitrogens with one attached hydrogen (secondary N) is 3. The Labute approximate surface area is 196 Å². The van der Waals surface area contributed by atoms with Crippen LogP contribution in [0.4, 0.5) is 8.78 Å². The van der Waals surface area contributed by atoms with E-state index in [2.05, 4.69) is 16.0 Å². The fourth-order valence-electron chi connectivity index (χ4n) is 6.14. The van der Waals surface area contributed by atoms with Gasteiger partial charge in [-0.2, -0.15) is 0 Å². The van der Waals surface area contributed by atoms with E-state index in [-0.39, 0.29) is 31.2 Å². The predicted octanol–water partition coefficient (Wildman–Crippen LogP) is 1.88. The van der Waals surface area contributed by atoms with Crippen LogP contribution in [0, 0.1) is 11.8 Å². The monoisotopic (exact) mass is 490 g/mol. The molecule has 190 valence electrons. The molecule has 5 unspecified atom stereocenters. The first-order valence-corrected chi connectivity index (χ1v) is 14.3. The highest BCUT2D eigenvalue weighted by Gasteiger charge is 2.41. The van der Waals surface area contributed by atoms with Crippen LogP contribution in [-0.4, -0.2) is 81.0 Å². The molecule has 0 bridgehead atoms. The minimum Gasteiger partial charge on any atom is -0.355 e. The maximum atomic E-state index is 13.7. The van der Waals surface area contributed by atoms with E-state index in [4.69, 9.17) is 0 Å². The molecule has 4 rings (SSSR count). The second-order valence-electron chi connectivity index (χ2n) is 10.5. The first kappa shape index (κ1) is 25.3. The second-order valence-corrected chi connectivity index (χ2v) is 12.7. The van der Waals surface area contributed by atoms with Gasteiger partial charge in [-0.25, -0.2) is 21.5 Å². The molecular weight excluding hydrogens is 450 g/mol. The molecule has 0 spiro atoms. The fourth-order valence-corrected chi connectivity index (χ4v) is 8.18. The molecule has 0 radical (unpaired) electrons. The van der Waals surface area contributed by atoms with Crippen molar-refractivity contribution >= 4 is 15.9 Å². The van der Waals surface area contributed by atoms with Crippen molar-refractivity contribution < 1.29 is 22.0 Å². The summed E-state index contributed by atoms with van der Waals surface area (Å²) >= 11 is 0. The third-order valence-corrected chi connectivity index (χ3v) is 10.4. The lowest BCUT2D eigenvalue weighted by molar-refractivity contribution is -0.122. The van der Waals surface area contributed by atoms with E-state index >= 15 is 0 Å². The number of unbranched alkanes of at least 4 members (excludes halogenated alkanes) is 1. The van der Waals surface area contributed by atoms with Gasteiger partial charge in [0.25, 0.3) is 0 Å². The lowest BCUT2D eigenvalue weighted by atomic mass is 9.92. The van der Waals surface area contributed by atoms with Crippen LogP contribution in [0.5, 0.6) is 0 Å². The van der Waals surface area contributed by atoms with Crippen molar-refractivity contribution in [2.75, 3.05) is 32.7 Å². The van der Waals surface area contributed by atoms with Crippen LogP contribution in [0.15, 0.2) is 0 Å². The third-order valence-electron chi connectivity index (χ3n) is 8.12. The maximum absolute atomic E-state index is 13.7. The highest BCUT2D eigenvalue weighted by atomic mass is 32.2. The van der Waals surface area contributed by atoms with Crippen LogP contribution >= 0.6 is 0 Å². The van der Waals surface area contributed by atoms with Crippen LogP contribution in [0.1, 0.15) is 64.2 Å². The Bertz CT molecular complexity index is 739. The summed E-state index contributed by atoms with van der Waals surface area (Å²) in [6.07, 6.45) is 3.45. The number of sulfonamides is 1. The fraction of sp³-hybridized carbons (Fsp3) is 0.957. The number of carbonyl (C=O) groups is 1. The molecule has 10 heteroatoms. The van der Waals surface area contributed by atoms with Crippen molar-refractivity contribution in [1.82, 2.24) is 20.3 Å². The molecule has 3 N–H and O–H groups in total. The molecular formula is C23H40F2N4O3S. The van der Waals surface area contributed by atoms with Crippen molar-refractivity contribution in [3.63, 3.8) is 0 Å². The molecule has 1 amide bonds. The SMILES string of the molecule is O=C(NCCCCC1CCN(S(=O)(=O)C2CC(F)CC(F)C2)CC1)C1CC2CNCCC2N1. The summed E-state index contributed by atoms with van der Waals surface area (Å²) in [4.78, 5) is 12.5. The Morgan fingerprint density at radius 1 is 1.00 bits per heavy atom. The summed E-state index contributed by atoms with van der Waals surface area (Å²) in [6, 6.07) is 0.391. The molecule has 5 atom stereocenters. The van der Waals surface area contributed by atoms with Gasteiger partial charge in [0.2, 0.25) is 15.9 Å². The lowest BCUT2D eigenvalue weighted by Gasteiger charge is -2.36. The molecule has 1 saturated carbocycles. The summed E-state index contributed by atoms with van der Waals surface area (Å²) in [6.45, 7) is 3.57. The number of nitrogens with zero attached hydrogens (tertiary/aromatic N) is 1. The molecule has 1 aliphatic carbocycles. The van der Waals surface area contributed by atoms with E-state index in [0.29, 0.717) is 37.5 Å². The number of hydrogen-bond acceptors (Lipinski definition) is 5. The topological polar surface area (TPSA) is 90.5 Å². The second kappa shape index (κ2) is 11.3. The number of halogens is 2. The number of alkyl halides is 2. The van der Waals surface area contributed by atoms with E-state index < -0.39 is 27.6 Å². The molecule has 3 heterocycles. The first-order chi connectivity index (χ1) is 15.8. The normalized spacial score (nSPS) is 36.4. The van der Waals surface area contributed by atoms with Crippen molar-refractivity contribution in [3.05, 3.63) is 0 Å². The predicted molar refractivity (Wildman–Crippen MR) is 124 cm³/mol. The molecule has 0 aromatic carbocycles. The number of rotatable bonds is 8. The Morgan fingerprint density at radius 2 is 1.73 bits per heavy atom. The minimum absolute atomic E-state index is 0.0734. The van der Waals surface area contributed by atoms with Gasteiger partial charge in [-0.3, -0.25) is 4.79 Å². The average molecular weight is 491 g/mol. The van der Waals surface area contributed by atoms with Crippen LogP contribution in [0.25, 0.3) is 0 Å². The average Bonchev–Trinajstić information content (AvgIpc) is 3.23. The van der Waals surface area contributed by atoms with Crippen LogP contribution in [0.3, 0.4) is 0 Å². The van der Waals surface area contributed by atoms with Gasteiger partial charge in [-0.15, -0.1) is 0 Å². The molecule has 0 aromatic rings. The number of piperidine rings is 2. The van der Waals surface area contributed by atoms with Gasteiger partial charge in [-0.1, -0.05) is 12.8 Å². The van der Waals surface area contributed by atoms with Crippen molar-refractivity contribution in [2.24, 2.45) is 11.8 Å². The van der Waals surface area contributed by atoms with Crippen LogP contribution < -0.4 is 16.0 Å². The molecule has 4 aliphatic rings. The Hall–Kier alpha value is -0.840. The maximum Gasteiger partial charge on any atom is 0.237 e. The molecule has 4 fully saturated rings. The Morgan fingerprint density at radius 3 is 2.42 bits per heavy atom. The van der Waals surface area contributed by atoms with Crippen molar-refractivity contribution in [3.8, 4) is 0 Å². The lowest BCUT2D eigenvalue weighted by Crippen LogP contribution is -2.46. The van der Waals surface area contributed by atoms with Gasteiger partial charge in [-0.05, 0) is 69.9 Å². The Balaban J connectivity index is 1.10. The molecule has 7 nitrogen and oxygen atoms in total. The number of fused-ring (bicyclic) bond motifs is 1. The molecule has 33 heavy (non-hydrogen) atoms. The zero-order valence-corrected chi connectivity index (χ0v) is 20.3. The zero-order valence-electron chi connectivity index (χ0n) is 19.5. The summed E-state index contributed by atoms with van der Waals surface area (Å²) in [5.74, 6) is 1.13. The highest BCUT2D eigenvalue weighted by molar-refractivity contribution is 7.89. The quantitative estimate of drug-likeness (QED) is 0.452. The third kappa shape index (κ3) is 6.44. The first-order valence-electron chi connectivity index (χ1n) is 12.8. The standard InChI is InChI=1S/C23H40F2N4O3S/c24-18-12-19(25)14-20(13-18)33(31,32)29-9-5-16(6-10-29)3-1-2-7-27-23(30)22-11-17-15-26-8-4-21(17)28-22/h16-22,26,28H,1-15H2,(H,27,30). The number of carbonyl (C=O) groups excluding carboxylic acids is 1. The van der Waals surface area contributed by atoms with E-state index in [1.165, 1.54) is 4.31 Å². The van der Waals surface area contributed by atoms with Gasteiger partial charge in [0.1, 0.15) is 12.3 Å². The summed E-state index contributed by atoms with van der Waals surface area (Å²) in [7, 11) is -3.63. The molecule has 3 saturated heterocycles. The largest absolute Gasteiger partial charge is 0.355 e. The number of amides is 1. The molecule has 3 aliphatic heterocycles. The van der Waals surface area contributed by atoms with Crippen LogP contribution in [-0.2, 0) is 14.8 Å². The van der Waals surface area contributed by atoms with Gasteiger partial charge in [0.05, 0.1) is 11.3 Å². The van der Waals surface area contributed by atoms with E-state index in [0.717, 1.165) is 58.0 Å². The zero-order chi connectivity index (χ0) is 23.4. The van der Waals surface area contributed by atoms with Gasteiger partial charge in [0.15, 0.2) is 0 Å². The number of hydrogen-bond donors (Lipinski definition) is 3. The highest BCUT2D eigenvalue weighted by Crippen LogP contribution is 2.33. The van der Waals surface area contributed by atoms with Crippen molar-refractivity contribution in [2.45, 2.75) is 93.9 Å². The van der Waals surface area contributed by atoms with Crippen LogP contribution in [0.2, 0.25) is 0 Å². The van der Waals surface area contributed by atoms with E-state index in [1.807, 2.05) is 0 Å². The Kier molecular flexibility index (Phi) is 8.62. The smallest absolute Gasteiger partial charge is 0.237 e. The summed E-state index contributed by atoms with van der Waals surface area (Å²) in [5.41, 5.74) is 0.